The van der Waals surface area contributed by atoms with Crippen molar-refractivity contribution in [2.45, 2.75) is 25.5 Å². The van der Waals surface area contributed by atoms with Gasteiger partial charge < -0.3 is 10.4 Å². The molecule has 0 spiro atoms. The fourth-order valence-corrected chi connectivity index (χ4v) is 3.67. The molecule has 3 rings (SSSR count). The van der Waals surface area contributed by atoms with Crippen LogP contribution in [0.15, 0.2) is 42.5 Å². The van der Waals surface area contributed by atoms with Gasteiger partial charge >= 0.3 is 0 Å². The number of aromatic hydroxyl groups is 1. The summed E-state index contributed by atoms with van der Waals surface area (Å²) >= 11 is 0.869. The van der Waals surface area contributed by atoms with E-state index in [0.717, 1.165) is 27.8 Å². The zero-order valence-electron chi connectivity index (χ0n) is 14.4. The molecule has 26 heavy (non-hydrogen) atoms. The number of aryl methyl sites for hydroxylation is 2. The summed E-state index contributed by atoms with van der Waals surface area (Å²) in [7, 11) is 0. The first-order valence-corrected chi connectivity index (χ1v) is 8.94. The van der Waals surface area contributed by atoms with E-state index in [2.05, 4.69) is 5.32 Å². The molecule has 1 atom stereocenters. The third-order valence-electron chi connectivity index (χ3n) is 4.05. The molecule has 2 aromatic carbocycles. The molecule has 1 unspecified atom stereocenters. The Morgan fingerprint density at radius 3 is 2.54 bits per heavy atom. The van der Waals surface area contributed by atoms with E-state index in [1.54, 1.807) is 18.2 Å². The summed E-state index contributed by atoms with van der Waals surface area (Å²) in [4.78, 5) is 38.4. The first-order valence-electron chi connectivity index (χ1n) is 8.06. The molecule has 2 aromatic rings. The highest BCUT2D eigenvalue weighted by Gasteiger charge is 2.42. The monoisotopic (exact) mass is 370 g/mol. The summed E-state index contributed by atoms with van der Waals surface area (Å²) < 4.78 is 0. The van der Waals surface area contributed by atoms with E-state index < -0.39 is 5.25 Å². The number of hydrogen-bond acceptors (Lipinski definition) is 5. The van der Waals surface area contributed by atoms with Gasteiger partial charge in [-0.05, 0) is 67.1 Å². The van der Waals surface area contributed by atoms with Crippen molar-refractivity contribution < 1.29 is 19.5 Å². The highest BCUT2D eigenvalue weighted by atomic mass is 32.2. The molecule has 3 amide bonds. The van der Waals surface area contributed by atoms with Crippen LogP contribution in [0.1, 0.15) is 17.5 Å². The Kier molecular flexibility index (Phi) is 4.99. The van der Waals surface area contributed by atoms with Crippen LogP contribution in [0.4, 0.5) is 16.2 Å². The van der Waals surface area contributed by atoms with E-state index in [-0.39, 0.29) is 29.2 Å². The Morgan fingerprint density at radius 1 is 1.15 bits per heavy atom. The minimum atomic E-state index is -0.750. The summed E-state index contributed by atoms with van der Waals surface area (Å²) in [5.41, 5.74) is 2.85. The molecule has 1 heterocycles. The van der Waals surface area contributed by atoms with Gasteiger partial charge in [0.05, 0.1) is 5.69 Å². The SMILES string of the molecule is Cc1ccc(C)c(N2C(=O)SC(CC(=O)Nc3ccc(O)cc3)C2=O)c1. The molecule has 1 aliphatic heterocycles. The van der Waals surface area contributed by atoms with Crippen molar-refractivity contribution in [3.05, 3.63) is 53.6 Å². The lowest BCUT2D eigenvalue weighted by Gasteiger charge is -2.17. The van der Waals surface area contributed by atoms with Crippen molar-refractivity contribution in [1.29, 1.82) is 0 Å². The van der Waals surface area contributed by atoms with Crippen molar-refractivity contribution in [2.24, 2.45) is 0 Å². The maximum atomic E-state index is 12.7. The number of thioether (sulfide) groups is 1. The number of hydrogen-bond donors (Lipinski definition) is 2. The number of imide groups is 1. The molecule has 134 valence electrons. The summed E-state index contributed by atoms with van der Waals surface area (Å²) in [5.74, 6) is -0.647. The van der Waals surface area contributed by atoms with Gasteiger partial charge in [0, 0.05) is 12.1 Å². The van der Waals surface area contributed by atoms with Crippen LogP contribution in [-0.4, -0.2) is 27.4 Å². The number of carbonyl (C=O) groups is 3. The Labute approximate surface area is 155 Å². The molecular weight excluding hydrogens is 352 g/mol. The van der Waals surface area contributed by atoms with E-state index >= 15 is 0 Å². The Balaban J connectivity index is 1.71. The Hall–Kier alpha value is -2.80. The quantitative estimate of drug-likeness (QED) is 0.803. The van der Waals surface area contributed by atoms with Crippen LogP contribution in [0.2, 0.25) is 0 Å². The van der Waals surface area contributed by atoms with Crippen LogP contribution in [0.5, 0.6) is 5.75 Å². The topological polar surface area (TPSA) is 86.7 Å². The average molecular weight is 370 g/mol. The molecule has 1 saturated heterocycles. The summed E-state index contributed by atoms with van der Waals surface area (Å²) in [6.45, 7) is 3.73. The number of carbonyl (C=O) groups excluding carboxylic acids is 3. The minimum Gasteiger partial charge on any atom is -0.508 e. The van der Waals surface area contributed by atoms with Crippen molar-refractivity contribution >= 4 is 40.2 Å². The molecule has 2 N–H and O–H groups in total. The van der Waals surface area contributed by atoms with Gasteiger partial charge in [-0.15, -0.1) is 0 Å². The lowest BCUT2D eigenvalue weighted by atomic mass is 10.1. The van der Waals surface area contributed by atoms with Crippen LogP contribution in [0.25, 0.3) is 0 Å². The number of phenols is 1. The maximum Gasteiger partial charge on any atom is 0.293 e. The number of nitrogens with zero attached hydrogens (tertiary/aromatic N) is 1. The Morgan fingerprint density at radius 2 is 1.85 bits per heavy atom. The highest BCUT2D eigenvalue weighted by molar-refractivity contribution is 8.15. The van der Waals surface area contributed by atoms with Crippen LogP contribution in [0, 0.1) is 13.8 Å². The molecule has 0 aromatic heterocycles. The number of phenolic OH excluding ortho intramolecular Hbond substituents is 1. The first kappa shape index (κ1) is 18.0. The normalized spacial score (nSPS) is 16.8. The number of rotatable bonds is 4. The largest absolute Gasteiger partial charge is 0.508 e. The molecule has 0 bridgehead atoms. The third-order valence-corrected chi connectivity index (χ3v) is 5.09. The second-order valence-electron chi connectivity index (χ2n) is 6.14. The molecule has 6 nitrogen and oxygen atoms in total. The maximum absolute atomic E-state index is 12.7. The van der Waals surface area contributed by atoms with E-state index in [0.29, 0.717) is 11.4 Å². The predicted octanol–water partition coefficient (Wildman–Crippen LogP) is 3.61. The van der Waals surface area contributed by atoms with Gasteiger partial charge in [-0.2, -0.15) is 0 Å². The second kappa shape index (κ2) is 7.21. The molecule has 1 fully saturated rings. The van der Waals surface area contributed by atoms with Gasteiger partial charge in [0.1, 0.15) is 11.0 Å². The standard InChI is InChI=1S/C19H18N2O4S/c1-11-3-4-12(2)15(9-11)21-18(24)16(26-19(21)25)10-17(23)20-13-5-7-14(22)8-6-13/h3-9,16,22H,10H2,1-2H3,(H,20,23). The molecule has 7 heteroatoms. The molecule has 0 radical (unpaired) electrons. The van der Waals surface area contributed by atoms with Crippen molar-refractivity contribution in [2.75, 3.05) is 10.2 Å². The first-order chi connectivity index (χ1) is 12.3. The van der Waals surface area contributed by atoms with Crippen molar-refractivity contribution in [3.63, 3.8) is 0 Å². The predicted molar refractivity (Wildman–Crippen MR) is 102 cm³/mol. The zero-order chi connectivity index (χ0) is 18.8. The molecule has 0 saturated carbocycles. The van der Waals surface area contributed by atoms with Crippen LogP contribution >= 0.6 is 11.8 Å². The number of benzene rings is 2. The molecular formula is C19H18N2O4S. The minimum absolute atomic E-state index is 0.0966. The van der Waals surface area contributed by atoms with Gasteiger partial charge in [0.25, 0.3) is 5.24 Å². The Bertz CT molecular complexity index is 880. The lowest BCUT2D eigenvalue weighted by molar-refractivity contribution is -0.121. The fraction of sp³-hybridized carbons (Fsp3) is 0.211. The van der Waals surface area contributed by atoms with Crippen molar-refractivity contribution in [3.8, 4) is 5.75 Å². The smallest absolute Gasteiger partial charge is 0.293 e. The van der Waals surface area contributed by atoms with Crippen LogP contribution < -0.4 is 10.2 Å². The van der Waals surface area contributed by atoms with Crippen LogP contribution in [0.3, 0.4) is 0 Å². The number of anilines is 2. The van der Waals surface area contributed by atoms with E-state index in [1.807, 2.05) is 26.0 Å². The lowest BCUT2D eigenvalue weighted by Crippen LogP contribution is -2.33. The fourth-order valence-electron chi connectivity index (χ4n) is 2.69. The van der Waals surface area contributed by atoms with Gasteiger partial charge in [-0.1, -0.05) is 12.1 Å². The van der Waals surface area contributed by atoms with Gasteiger partial charge in [-0.3, -0.25) is 14.4 Å². The summed E-state index contributed by atoms with van der Waals surface area (Å²) in [6.07, 6.45) is -0.0997. The number of nitrogens with one attached hydrogen (secondary N) is 1. The zero-order valence-corrected chi connectivity index (χ0v) is 15.2. The summed E-state index contributed by atoms with van der Waals surface area (Å²) in [5, 5.41) is 10.8. The van der Waals surface area contributed by atoms with Gasteiger partial charge in [-0.25, -0.2) is 4.90 Å². The third kappa shape index (κ3) is 3.72. The van der Waals surface area contributed by atoms with E-state index in [1.165, 1.54) is 12.1 Å². The highest BCUT2D eigenvalue weighted by Crippen LogP contribution is 2.35. The van der Waals surface area contributed by atoms with Gasteiger partial charge in [0.2, 0.25) is 11.8 Å². The molecule has 1 aliphatic rings. The van der Waals surface area contributed by atoms with Crippen LogP contribution in [-0.2, 0) is 9.59 Å². The average Bonchev–Trinajstić information content (AvgIpc) is 2.86. The number of amides is 3. The van der Waals surface area contributed by atoms with Crippen molar-refractivity contribution in [1.82, 2.24) is 0 Å². The van der Waals surface area contributed by atoms with E-state index in [4.69, 9.17) is 0 Å². The molecule has 0 aliphatic carbocycles. The second-order valence-corrected chi connectivity index (χ2v) is 7.29. The van der Waals surface area contributed by atoms with Gasteiger partial charge in [0.15, 0.2) is 0 Å². The van der Waals surface area contributed by atoms with E-state index in [9.17, 15) is 19.5 Å². The summed E-state index contributed by atoms with van der Waals surface area (Å²) in [6, 6.07) is 11.6.